The van der Waals surface area contributed by atoms with E-state index in [2.05, 4.69) is 10.2 Å². The summed E-state index contributed by atoms with van der Waals surface area (Å²) in [5.41, 5.74) is -2.91. The van der Waals surface area contributed by atoms with E-state index in [1.807, 2.05) is 0 Å². The smallest absolute Gasteiger partial charge is 0.317 e. The lowest BCUT2D eigenvalue weighted by atomic mass is 9.83. The molecule has 0 saturated carbocycles. The number of benzene rings is 1. The monoisotopic (exact) mass is 380 g/mol. The number of nitrogens with one attached hydrogen (secondary N) is 1. The summed E-state index contributed by atoms with van der Waals surface area (Å²) in [6, 6.07) is 5.10. The van der Waals surface area contributed by atoms with Crippen LogP contribution in [0.4, 0.5) is 17.6 Å². The summed E-state index contributed by atoms with van der Waals surface area (Å²) in [7, 11) is 0. The molecule has 7 heteroatoms. The second-order valence-electron chi connectivity index (χ2n) is 7.00. The average molecular weight is 381 g/mol. The molecule has 0 aliphatic carbocycles. The first-order valence-corrected chi connectivity index (χ1v) is 8.67. The van der Waals surface area contributed by atoms with Crippen molar-refractivity contribution in [3.63, 3.8) is 0 Å². The molecular weight excluding hydrogens is 356 g/mol. The summed E-state index contributed by atoms with van der Waals surface area (Å²) in [5.74, 6) is 0.612. The van der Waals surface area contributed by atoms with E-state index in [1.54, 1.807) is 0 Å². The van der Waals surface area contributed by atoms with Crippen LogP contribution in [0.5, 0.6) is 0 Å². The number of likely N-dealkylation sites (tertiary alicyclic amines) is 1. The fraction of sp³-hybridized carbons (Fsp3) is 0.667. The molecule has 0 amide bonds. The van der Waals surface area contributed by atoms with Crippen molar-refractivity contribution in [2.45, 2.75) is 37.5 Å². The molecular formula is C18H25ClF4N2. The zero-order valence-electron chi connectivity index (χ0n) is 14.1. The van der Waals surface area contributed by atoms with E-state index in [-0.39, 0.29) is 30.8 Å². The summed E-state index contributed by atoms with van der Waals surface area (Å²) >= 11 is 0. The van der Waals surface area contributed by atoms with Crippen molar-refractivity contribution >= 4 is 12.4 Å². The lowest BCUT2D eigenvalue weighted by Gasteiger charge is -2.39. The number of alkyl halides is 4. The van der Waals surface area contributed by atoms with Crippen molar-refractivity contribution < 1.29 is 17.6 Å². The molecule has 0 bridgehead atoms. The number of nitrogens with zero attached hydrogens (tertiary/aromatic N) is 1. The van der Waals surface area contributed by atoms with Gasteiger partial charge in [-0.1, -0.05) is 18.2 Å². The molecule has 1 N–H and O–H groups in total. The minimum atomic E-state index is -4.51. The van der Waals surface area contributed by atoms with Gasteiger partial charge in [0, 0.05) is 25.2 Å². The van der Waals surface area contributed by atoms with Crippen LogP contribution in [0.3, 0.4) is 0 Å². The van der Waals surface area contributed by atoms with E-state index in [0.717, 1.165) is 38.5 Å². The van der Waals surface area contributed by atoms with Crippen LogP contribution in [0.2, 0.25) is 0 Å². The molecule has 0 aromatic heterocycles. The first kappa shape index (κ1) is 20.5. The summed E-state index contributed by atoms with van der Waals surface area (Å²) in [5, 5.41) is 3.32. The molecule has 0 radical (unpaired) electrons. The third kappa shape index (κ3) is 4.86. The fourth-order valence-corrected chi connectivity index (χ4v) is 3.91. The van der Waals surface area contributed by atoms with Gasteiger partial charge in [0.05, 0.1) is 5.56 Å². The second kappa shape index (κ2) is 8.23. The summed E-state index contributed by atoms with van der Waals surface area (Å²) in [6.07, 6.45) is -2.01. The Bertz CT molecular complexity index is 550. The van der Waals surface area contributed by atoms with Gasteiger partial charge in [0.25, 0.3) is 0 Å². The van der Waals surface area contributed by atoms with Gasteiger partial charge >= 0.3 is 6.18 Å². The molecule has 1 aromatic carbocycles. The van der Waals surface area contributed by atoms with Gasteiger partial charge in [0.1, 0.15) is 5.67 Å². The van der Waals surface area contributed by atoms with Gasteiger partial charge in [-0.2, -0.15) is 13.2 Å². The van der Waals surface area contributed by atoms with Gasteiger partial charge in [-0.05, 0) is 50.8 Å². The Balaban J connectivity index is 0.00000225. The highest BCUT2D eigenvalue weighted by Gasteiger charge is 2.43. The molecule has 2 aliphatic rings. The van der Waals surface area contributed by atoms with E-state index in [0.29, 0.717) is 19.0 Å². The van der Waals surface area contributed by atoms with Crippen LogP contribution < -0.4 is 5.32 Å². The Labute approximate surface area is 152 Å². The van der Waals surface area contributed by atoms with Gasteiger partial charge < -0.3 is 10.2 Å². The minimum Gasteiger partial charge on any atom is -0.317 e. The van der Waals surface area contributed by atoms with E-state index in [4.69, 9.17) is 0 Å². The van der Waals surface area contributed by atoms with Crippen molar-refractivity contribution in [1.29, 1.82) is 0 Å². The van der Waals surface area contributed by atoms with Gasteiger partial charge in [0.15, 0.2) is 0 Å². The average Bonchev–Trinajstić information content (AvgIpc) is 2.57. The maximum Gasteiger partial charge on any atom is 0.416 e. The minimum absolute atomic E-state index is 0. The van der Waals surface area contributed by atoms with Crippen LogP contribution in [-0.4, -0.2) is 37.6 Å². The van der Waals surface area contributed by atoms with Crippen molar-refractivity contribution in [1.82, 2.24) is 10.2 Å². The Hall–Kier alpha value is -0.850. The Kier molecular flexibility index (Phi) is 6.74. The van der Waals surface area contributed by atoms with Crippen LogP contribution >= 0.6 is 12.4 Å². The number of piperidine rings is 2. The van der Waals surface area contributed by atoms with E-state index < -0.39 is 17.4 Å². The topological polar surface area (TPSA) is 15.3 Å². The summed E-state index contributed by atoms with van der Waals surface area (Å²) < 4.78 is 54.8. The van der Waals surface area contributed by atoms with Crippen LogP contribution in [0, 0.1) is 5.92 Å². The highest BCUT2D eigenvalue weighted by atomic mass is 35.5. The molecule has 1 aromatic rings. The molecule has 2 nitrogen and oxygen atoms in total. The molecule has 2 fully saturated rings. The molecule has 2 aliphatic heterocycles. The van der Waals surface area contributed by atoms with Crippen LogP contribution in [0.1, 0.15) is 36.8 Å². The van der Waals surface area contributed by atoms with Crippen molar-refractivity contribution in [3.05, 3.63) is 35.4 Å². The molecule has 0 atom stereocenters. The normalized spacial score (nSPS) is 22.4. The summed E-state index contributed by atoms with van der Waals surface area (Å²) in [4.78, 5) is 2.21. The Morgan fingerprint density at radius 3 is 2.28 bits per heavy atom. The predicted molar refractivity (Wildman–Crippen MR) is 92.7 cm³/mol. The van der Waals surface area contributed by atoms with Crippen molar-refractivity contribution in [2.75, 3.05) is 32.7 Å². The lowest BCUT2D eigenvalue weighted by molar-refractivity contribution is -0.140. The molecule has 25 heavy (non-hydrogen) atoms. The zero-order chi connectivity index (χ0) is 17.2. The van der Waals surface area contributed by atoms with Gasteiger partial charge in [-0.3, -0.25) is 0 Å². The highest BCUT2D eigenvalue weighted by molar-refractivity contribution is 5.85. The molecule has 3 rings (SSSR count). The van der Waals surface area contributed by atoms with Crippen LogP contribution in [0.15, 0.2) is 24.3 Å². The predicted octanol–water partition coefficient (Wildman–Crippen LogP) is 4.39. The third-order valence-corrected chi connectivity index (χ3v) is 5.34. The summed E-state index contributed by atoms with van der Waals surface area (Å²) in [6.45, 7) is 4.01. The molecule has 2 saturated heterocycles. The first-order chi connectivity index (χ1) is 11.4. The molecule has 0 spiro atoms. The highest BCUT2D eigenvalue weighted by Crippen LogP contribution is 2.43. The quantitative estimate of drug-likeness (QED) is 0.782. The van der Waals surface area contributed by atoms with E-state index >= 15 is 4.39 Å². The number of rotatable bonds is 3. The second-order valence-corrected chi connectivity index (χ2v) is 7.00. The first-order valence-electron chi connectivity index (χ1n) is 8.67. The van der Waals surface area contributed by atoms with Gasteiger partial charge in [-0.25, -0.2) is 4.39 Å². The molecule has 0 unspecified atom stereocenters. The van der Waals surface area contributed by atoms with E-state index in [1.165, 1.54) is 18.2 Å². The van der Waals surface area contributed by atoms with Gasteiger partial charge in [0.2, 0.25) is 0 Å². The Morgan fingerprint density at radius 2 is 1.68 bits per heavy atom. The maximum atomic E-state index is 15.3. The largest absolute Gasteiger partial charge is 0.416 e. The molecule has 2 heterocycles. The number of halogens is 5. The van der Waals surface area contributed by atoms with Crippen molar-refractivity contribution in [3.8, 4) is 0 Å². The van der Waals surface area contributed by atoms with E-state index in [9.17, 15) is 13.2 Å². The van der Waals surface area contributed by atoms with Crippen LogP contribution in [-0.2, 0) is 11.8 Å². The number of hydrogen-bond donors (Lipinski definition) is 1. The Morgan fingerprint density at radius 1 is 1.08 bits per heavy atom. The fourth-order valence-electron chi connectivity index (χ4n) is 3.91. The maximum absolute atomic E-state index is 15.3. The number of hydrogen-bond acceptors (Lipinski definition) is 2. The van der Waals surface area contributed by atoms with Crippen molar-refractivity contribution in [2.24, 2.45) is 5.92 Å². The van der Waals surface area contributed by atoms with Crippen LogP contribution in [0.25, 0.3) is 0 Å². The van der Waals surface area contributed by atoms with Gasteiger partial charge in [-0.15, -0.1) is 12.4 Å². The zero-order valence-corrected chi connectivity index (χ0v) is 14.9. The standard InChI is InChI=1S/C18H24F4N2.ClH/c19-17(15-3-1-2-4-16(15)18(20,21)22)7-11-24(12-8-17)13-14-5-9-23-10-6-14;/h1-4,14,23H,5-13H2;1H. The molecule has 142 valence electrons. The SMILES string of the molecule is Cl.FC(F)(F)c1ccccc1C1(F)CCN(CC2CCNCC2)CC1. The third-order valence-electron chi connectivity index (χ3n) is 5.34. The lowest BCUT2D eigenvalue weighted by Crippen LogP contribution is -2.44.